The molecule has 2 amide bonds. The Labute approximate surface area is 78.9 Å². The van der Waals surface area contributed by atoms with E-state index in [4.69, 9.17) is 0 Å². The van der Waals surface area contributed by atoms with Gasteiger partial charge < -0.3 is 15.1 Å². The molecule has 0 bridgehead atoms. The van der Waals surface area contributed by atoms with Crippen LogP contribution in [0.5, 0.6) is 0 Å². The zero-order chi connectivity index (χ0) is 9.26. The van der Waals surface area contributed by atoms with Crippen LogP contribution in [0.2, 0.25) is 0 Å². The van der Waals surface area contributed by atoms with E-state index < -0.39 is 0 Å². The minimum absolute atomic E-state index is 0.233. The number of nitrogens with one attached hydrogen (secondary N) is 1. The van der Waals surface area contributed by atoms with Gasteiger partial charge in [0, 0.05) is 32.2 Å². The van der Waals surface area contributed by atoms with E-state index in [0.717, 1.165) is 39.1 Å². The molecule has 2 saturated heterocycles. The quantitative estimate of drug-likeness (QED) is 0.659. The van der Waals surface area contributed by atoms with Gasteiger partial charge in [0.25, 0.3) is 0 Å². The minimum atomic E-state index is 0.233. The van der Waals surface area contributed by atoms with Crippen LogP contribution in [0, 0.1) is 0 Å². The van der Waals surface area contributed by atoms with Crippen molar-refractivity contribution in [1.82, 2.24) is 15.1 Å². The van der Waals surface area contributed by atoms with Crippen LogP contribution in [0.4, 0.5) is 4.79 Å². The highest BCUT2D eigenvalue weighted by molar-refractivity contribution is 5.76. The molecule has 13 heavy (non-hydrogen) atoms. The number of hydrogen-bond acceptors (Lipinski definition) is 2. The monoisotopic (exact) mass is 183 g/mol. The zero-order valence-electron chi connectivity index (χ0n) is 8.12. The number of likely N-dealkylation sites (N-methyl/N-ethyl adjacent to an activating group) is 1. The molecule has 2 aliphatic rings. The second-order valence-electron chi connectivity index (χ2n) is 3.70. The third-order valence-corrected chi connectivity index (χ3v) is 2.98. The lowest BCUT2D eigenvalue weighted by Crippen LogP contribution is -2.40. The molecule has 0 saturated carbocycles. The van der Waals surface area contributed by atoms with E-state index in [2.05, 4.69) is 5.32 Å². The summed E-state index contributed by atoms with van der Waals surface area (Å²) in [4.78, 5) is 15.7. The molecular weight excluding hydrogens is 166 g/mol. The van der Waals surface area contributed by atoms with Crippen molar-refractivity contribution in [3.05, 3.63) is 0 Å². The summed E-state index contributed by atoms with van der Waals surface area (Å²) in [7, 11) is 0. The summed E-state index contributed by atoms with van der Waals surface area (Å²) >= 11 is 0. The fraction of sp³-hybridized carbons (Fsp3) is 0.889. The molecule has 2 aliphatic heterocycles. The summed E-state index contributed by atoms with van der Waals surface area (Å²) in [6.07, 6.45) is 1.11. The molecule has 0 aromatic rings. The summed E-state index contributed by atoms with van der Waals surface area (Å²) in [6.45, 7) is 6.73. The normalized spacial score (nSPS) is 29.0. The van der Waals surface area contributed by atoms with Gasteiger partial charge in [0.2, 0.25) is 0 Å². The van der Waals surface area contributed by atoms with Crippen molar-refractivity contribution in [2.75, 3.05) is 32.7 Å². The number of hydrogen-bond donors (Lipinski definition) is 1. The van der Waals surface area contributed by atoms with Gasteiger partial charge in [-0.15, -0.1) is 0 Å². The lowest BCUT2D eigenvalue weighted by Gasteiger charge is -2.23. The summed E-state index contributed by atoms with van der Waals surface area (Å²) < 4.78 is 0. The molecule has 4 heteroatoms. The number of nitrogens with zero attached hydrogens (tertiary/aromatic N) is 2. The Morgan fingerprint density at radius 2 is 2.38 bits per heavy atom. The Morgan fingerprint density at radius 1 is 1.54 bits per heavy atom. The number of rotatable bonds is 2. The Hall–Kier alpha value is -0.770. The van der Waals surface area contributed by atoms with Gasteiger partial charge in [-0.25, -0.2) is 4.79 Å². The SMILES string of the molecule is CCN1CCN([C@H]2CCNC2)C1=O. The minimum Gasteiger partial charge on any atom is -0.323 e. The predicted molar refractivity (Wildman–Crippen MR) is 50.6 cm³/mol. The first-order valence-corrected chi connectivity index (χ1v) is 5.09. The fourth-order valence-corrected chi connectivity index (χ4v) is 2.14. The first kappa shape index (κ1) is 8.81. The highest BCUT2D eigenvalue weighted by atomic mass is 16.2. The number of amides is 2. The van der Waals surface area contributed by atoms with Crippen LogP contribution in [-0.4, -0.2) is 54.6 Å². The number of carbonyl (C=O) groups excluding carboxylic acids is 1. The summed E-state index contributed by atoms with van der Waals surface area (Å²) in [5.74, 6) is 0. The van der Waals surface area contributed by atoms with Crippen molar-refractivity contribution in [2.24, 2.45) is 0 Å². The molecule has 0 spiro atoms. The molecule has 1 atom stereocenters. The Kier molecular flexibility index (Phi) is 2.40. The van der Waals surface area contributed by atoms with Gasteiger partial charge in [-0.1, -0.05) is 0 Å². The van der Waals surface area contributed by atoms with Gasteiger partial charge in [0.05, 0.1) is 0 Å². The highest BCUT2D eigenvalue weighted by Crippen LogP contribution is 2.15. The summed E-state index contributed by atoms with van der Waals surface area (Å²) in [6, 6.07) is 0.681. The van der Waals surface area contributed by atoms with Gasteiger partial charge in [0.15, 0.2) is 0 Å². The molecule has 2 heterocycles. The van der Waals surface area contributed by atoms with Crippen LogP contribution in [0.15, 0.2) is 0 Å². The van der Waals surface area contributed by atoms with E-state index in [-0.39, 0.29) is 6.03 Å². The van der Waals surface area contributed by atoms with Gasteiger partial charge in [0.1, 0.15) is 0 Å². The van der Waals surface area contributed by atoms with E-state index in [1.807, 2.05) is 16.7 Å². The van der Waals surface area contributed by atoms with E-state index in [1.165, 1.54) is 0 Å². The molecule has 1 N–H and O–H groups in total. The molecule has 74 valence electrons. The topological polar surface area (TPSA) is 35.6 Å². The summed E-state index contributed by atoms with van der Waals surface area (Å²) in [5, 5.41) is 3.29. The first-order valence-electron chi connectivity index (χ1n) is 5.09. The molecule has 4 nitrogen and oxygen atoms in total. The van der Waals surface area contributed by atoms with Gasteiger partial charge in [-0.2, -0.15) is 0 Å². The van der Waals surface area contributed by atoms with Crippen LogP contribution in [-0.2, 0) is 0 Å². The largest absolute Gasteiger partial charge is 0.323 e. The Balaban J connectivity index is 1.97. The first-order chi connectivity index (χ1) is 6.33. The second-order valence-corrected chi connectivity index (χ2v) is 3.70. The summed E-state index contributed by atoms with van der Waals surface area (Å²) in [5.41, 5.74) is 0. The van der Waals surface area contributed by atoms with Crippen molar-refractivity contribution in [3.63, 3.8) is 0 Å². The fourth-order valence-electron chi connectivity index (χ4n) is 2.14. The Morgan fingerprint density at radius 3 is 2.92 bits per heavy atom. The second kappa shape index (κ2) is 3.54. The third-order valence-electron chi connectivity index (χ3n) is 2.98. The molecule has 2 fully saturated rings. The number of carbonyl (C=O) groups is 1. The van der Waals surface area contributed by atoms with Gasteiger partial charge in [-0.05, 0) is 19.9 Å². The Bertz CT molecular complexity index is 201. The van der Waals surface area contributed by atoms with Crippen LogP contribution >= 0.6 is 0 Å². The average Bonchev–Trinajstić information content (AvgIpc) is 2.72. The zero-order valence-corrected chi connectivity index (χ0v) is 8.12. The molecule has 0 radical (unpaired) electrons. The molecule has 2 rings (SSSR count). The number of urea groups is 1. The van der Waals surface area contributed by atoms with Crippen LogP contribution in [0.25, 0.3) is 0 Å². The van der Waals surface area contributed by atoms with Crippen molar-refractivity contribution < 1.29 is 4.79 Å². The molecular formula is C9H17N3O. The van der Waals surface area contributed by atoms with E-state index in [1.54, 1.807) is 0 Å². The smallest absolute Gasteiger partial charge is 0.320 e. The molecule has 0 aromatic heterocycles. The predicted octanol–water partition coefficient (Wildman–Crippen LogP) is 0.106. The van der Waals surface area contributed by atoms with Crippen LogP contribution in [0.1, 0.15) is 13.3 Å². The third kappa shape index (κ3) is 1.50. The van der Waals surface area contributed by atoms with Crippen LogP contribution in [0.3, 0.4) is 0 Å². The molecule has 0 aliphatic carbocycles. The van der Waals surface area contributed by atoms with Crippen molar-refractivity contribution in [3.8, 4) is 0 Å². The average molecular weight is 183 g/mol. The van der Waals surface area contributed by atoms with E-state index in [0.29, 0.717) is 6.04 Å². The lowest BCUT2D eigenvalue weighted by molar-refractivity contribution is 0.181. The van der Waals surface area contributed by atoms with E-state index in [9.17, 15) is 4.79 Å². The molecule has 0 aromatic carbocycles. The maximum atomic E-state index is 11.7. The maximum Gasteiger partial charge on any atom is 0.320 e. The van der Waals surface area contributed by atoms with E-state index >= 15 is 0 Å². The lowest BCUT2D eigenvalue weighted by atomic mass is 10.2. The maximum absolute atomic E-state index is 11.7. The van der Waals surface area contributed by atoms with Crippen molar-refractivity contribution in [1.29, 1.82) is 0 Å². The highest BCUT2D eigenvalue weighted by Gasteiger charge is 2.33. The van der Waals surface area contributed by atoms with Crippen molar-refractivity contribution >= 4 is 6.03 Å². The molecule has 0 unspecified atom stereocenters. The standard InChI is InChI=1S/C9H17N3O/c1-2-11-5-6-12(9(11)13)8-3-4-10-7-8/h8,10H,2-7H2,1H3/t8-/m0/s1. The van der Waals surface area contributed by atoms with Crippen molar-refractivity contribution in [2.45, 2.75) is 19.4 Å². The van der Waals surface area contributed by atoms with Gasteiger partial charge >= 0.3 is 6.03 Å². The van der Waals surface area contributed by atoms with Gasteiger partial charge in [-0.3, -0.25) is 0 Å². The van der Waals surface area contributed by atoms with Crippen LogP contribution < -0.4 is 5.32 Å².